The van der Waals surface area contributed by atoms with Gasteiger partial charge in [-0.3, -0.25) is 0 Å². The van der Waals surface area contributed by atoms with Gasteiger partial charge >= 0.3 is 0 Å². The molecule has 124 valence electrons. The third-order valence-corrected chi connectivity index (χ3v) is 4.35. The highest BCUT2D eigenvalue weighted by Gasteiger charge is 2.21. The summed E-state index contributed by atoms with van der Waals surface area (Å²) < 4.78 is 5.58. The third kappa shape index (κ3) is 4.83. The molecule has 0 saturated carbocycles. The van der Waals surface area contributed by atoms with E-state index in [1.807, 2.05) is 24.3 Å². The molecule has 2 aromatic rings. The summed E-state index contributed by atoms with van der Waals surface area (Å²) in [5.74, 6) is 1.56. The lowest BCUT2D eigenvalue weighted by Crippen LogP contribution is -2.38. The Morgan fingerprint density at radius 1 is 1.17 bits per heavy atom. The standard InChI is InChI=1S/C19H26N2OS/c1-14(2)11-12-21(16(4)18-10-7-13-22-18)19(23)20-17-9-6-5-8-15(17)3/h5-10,13-14,16H,11-12H2,1-4H3,(H,20,23). The second-order valence-corrected chi connectivity index (χ2v) is 6.70. The number of hydrogen-bond donors (Lipinski definition) is 1. The van der Waals surface area contributed by atoms with Crippen LogP contribution in [0.2, 0.25) is 0 Å². The quantitative estimate of drug-likeness (QED) is 0.718. The Morgan fingerprint density at radius 3 is 2.52 bits per heavy atom. The average molecular weight is 330 g/mol. The molecule has 0 saturated heterocycles. The maximum Gasteiger partial charge on any atom is 0.174 e. The van der Waals surface area contributed by atoms with Crippen molar-refractivity contribution >= 4 is 23.0 Å². The van der Waals surface area contributed by atoms with Crippen LogP contribution in [0.4, 0.5) is 5.69 Å². The normalized spacial score (nSPS) is 12.2. The van der Waals surface area contributed by atoms with Crippen molar-refractivity contribution in [2.75, 3.05) is 11.9 Å². The first kappa shape index (κ1) is 17.5. The van der Waals surface area contributed by atoms with Crippen molar-refractivity contribution in [3.05, 3.63) is 54.0 Å². The van der Waals surface area contributed by atoms with Crippen LogP contribution in [0.3, 0.4) is 0 Å². The molecule has 1 unspecified atom stereocenters. The maximum absolute atomic E-state index is 5.69. The minimum absolute atomic E-state index is 0.104. The highest BCUT2D eigenvalue weighted by atomic mass is 32.1. The van der Waals surface area contributed by atoms with Crippen molar-refractivity contribution in [2.24, 2.45) is 5.92 Å². The van der Waals surface area contributed by atoms with Crippen LogP contribution in [0.1, 0.15) is 44.6 Å². The summed E-state index contributed by atoms with van der Waals surface area (Å²) in [6, 6.07) is 12.2. The molecule has 0 aliphatic rings. The Hall–Kier alpha value is -1.81. The molecule has 1 aromatic carbocycles. The van der Waals surface area contributed by atoms with Crippen molar-refractivity contribution in [1.29, 1.82) is 0 Å². The van der Waals surface area contributed by atoms with E-state index in [9.17, 15) is 0 Å². The lowest BCUT2D eigenvalue weighted by Gasteiger charge is -2.31. The average Bonchev–Trinajstić information content (AvgIpc) is 3.03. The number of furan rings is 1. The summed E-state index contributed by atoms with van der Waals surface area (Å²) >= 11 is 5.69. The topological polar surface area (TPSA) is 28.4 Å². The van der Waals surface area contributed by atoms with E-state index in [2.05, 4.69) is 50.0 Å². The zero-order chi connectivity index (χ0) is 16.8. The second kappa shape index (κ2) is 8.16. The van der Waals surface area contributed by atoms with Crippen molar-refractivity contribution in [3.63, 3.8) is 0 Å². The Kier molecular flexibility index (Phi) is 6.22. The summed E-state index contributed by atoms with van der Waals surface area (Å²) in [6.45, 7) is 9.57. The summed E-state index contributed by atoms with van der Waals surface area (Å²) in [5.41, 5.74) is 2.24. The first-order valence-corrected chi connectivity index (χ1v) is 8.56. The molecule has 0 amide bonds. The minimum Gasteiger partial charge on any atom is -0.467 e. The molecule has 4 heteroatoms. The van der Waals surface area contributed by atoms with Crippen molar-refractivity contribution in [1.82, 2.24) is 4.90 Å². The highest BCUT2D eigenvalue weighted by Crippen LogP contribution is 2.24. The molecule has 0 radical (unpaired) electrons. The Bertz CT molecular complexity index is 622. The number of para-hydroxylation sites is 1. The molecular formula is C19H26N2OS. The largest absolute Gasteiger partial charge is 0.467 e. The highest BCUT2D eigenvalue weighted by molar-refractivity contribution is 7.80. The number of anilines is 1. The first-order chi connectivity index (χ1) is 11.0. The molecule has 0 aliphatic heterocycles. The molecule has 0 bridgehead atoms. The fourth-order valence-corrected chi connectivity index (χ4v) is 2.81. The molecule has 1 heterocycles. The SMILES string of the molecule is Cc1ccccc1NC(=S)N(CCC(C)C)C(C)c1ccco1. The molecular weight excluding hydrogens is 304 g/mol. The Labute approximate surface area is 144 Å². The van der Waals surface area contributed by atoms with Gasteiger partial charge in [-0.15, -0.1) is 0 Å². The molecule has 23 heavy (non-hydrogen) atoms. The first-order valence-electron chi connectivity index (χ1n) is 8.15. The molecule has 2 rings (SSSR count). The molecule has 0 fully saturated rings. The van der Waals surface area contributed by atoms with Gasteiger partial charge in [0.2, 0.25) is 0 Å². The third-order valence-electron chi connectivity index (χ3n) is 4.02. The van der Waals surface area contributed by atoms with Gasteiger partial charge in [0.15, 0.2) is 5.11 Å². The number of rotatable bonds is 6. The lowest BCUT2D eigenvalue weighted by molar-refractivity contribution is 0.281. The number of nitrogens with one attached hydrogen (secondary N) is 1. The number of aryl methyl sites for hydroxylation is 1. The van der Waals surface area contributed by atoms with E-state index in [-0.39, 0.29) is 6.04 Å². The smallest absolute Gasteiger partial charge is 0.174 e. The van der Waals surface area contributed by atoms with E-state index in [0.29, 0.717) is 5.92 Å². The van der Waals surface area contributed by atoms with E-state index in [1.54, 1.807) is 6.26 Å². The summed E-state index contributed by atoms with van der Waals surface area (Å²) in [4.78, 5) is 2.21. The van der Waals surface area contributed by atoms with Crippen molar-refractivity contribution in [3.8, 4) is 0 Å². The van der Waals surface area contributed by atoms with Gasteiger partial charge < -0.3 is 14.6 Å². The number of hydrogen-bond acceptors (Lipinski definition) is 2. The van der Waals surface area contributed by atoms with Crippen molar-refractivity contribution in [2.45, 2.75) is 40.2 Å². The molecule has 0 aliphatic carbocycles. The van der Waals surface area contributed by atoms with E-state index in [4.69, 9.17) is 16.6 Å². The lowest BCUT2D eigenvalue weighted by atomic mass is 10.1. The summed E-state index contributed by atoms with van der Waals surface area (Å²) in [5, 5.41) is 4.13. The van der Waals surface area contributed by atoms with Gasteiger partial charge in [-0.2, -0.15) is 0 Å². The van der Waals surface area contributed by atoms with Gasteiger partial charge in [0, 0.05) is 12.2 Å². The van der Waals surface area contributed by atoms with Crippen LogP contribution >= 0.6 is 12.2 Å². The zero-order valence-electron chi connectivity index (χ0n) is 14.4. The van der Waals surface area contributed by atoms with Crippen LogP contribution in [-0.2, 0) is 0 Å². The van der Waals surface area contributed by atoms with Crippen LogP contribution in [0.5, 0.6) is 0 Å². The molecule has 1 atom stereocenters. The molecule has 1 aromatic heterocycles. The van der Waals surface area contributed by atoms with Crippen LogP contribution in [0.25, 0.3) is 0 Å². The second-order valence-electron chi connectivity index (χ2n) is 6.31. The van der Waals surface area contributed by atoms with E-state index in [1.165, 1.54) is 5.56 Å². The van der Waals surface area contributed by atoms with Crippen LogP contribution < -0.4 is 5.32 Å². The Balaban J connectivity index is 2.15. The number of thiocarbonyl (C=S) groups is 1. The summed E-state index contributed by atoms with van der Waals surface area (Å²) in [7, 11) is 0. The van der Waals surface area contributed by atoms with Gasteiger partial charge in [-0.1, -0.05) is 32.0 Å². The Morgan fingerprint density at radius 2 is 1.91 bits per heavy atom. The van der Waals surface area contributed by atoms with Gasteiger partial charge in [0.1, 0.15) is 5.76 Å². The van der Waals surface area contributed by atoms with E-state index < -0.39 is 0 Å². The fourth-order valence-electron chi connectivity index (χ4n) is 2.45. The predicted octanol–water partition coefficient (Wildman–Crippen LogP) is 5.39. The molecule has 3 nitrogen and oxygen atoms in total. The van der Waals surface area contributed by atoms with Crippen molar-refractivity contribution < 1.29 is 4.42 Å². The van der Waals surface area contributed by atoms with Gasteiger partial charge in [0.25, 0.3) is 0 Å². The zero-order valence-corrected chi connectivity index (χ0v) is 15.2. The van der Waals surface area contributed by atoms with Crippen LogP contribution in [-0.4, -0.2) is 16.6 Å². The molecule has 1 N–H and O–H groups in total. The fraction of sp³-hybridized carbons (Fsp3) is 0.421. The van der Waals surface area contributed by atoms with E-state index in [0.717, 1.165) is 29.5 Å². The van der Waals surface area contributed by atoms with E-state index >= 15 is 0 Å². The van der Waals surface area contributed by atoms with Gasteiger partial charge in [-0.25, -0.2) is 0 Å². The van der Waals surface area contributed by atoms with Gasteiger partial charge in [0.05, 0.1) is 12.3 Å². The number of benzene rings is 1. The van der Waals surface area contributed by atoms with Crippen LogP contribution in [0, 0.1) is 12.8 Å². The monoisotopic (exact) mass is 330 g/mol. The predicted molar refractivity (Wildman–Crippen MR) is 101 cm³/mol. The molecule has 0 spiro atoms. The maximum atomic E-state index is 5.69. The number of nitrogens with zero attached hydrogens (tertiary/aromatic N) is 1. The van der Waals surface area contributed by atoms with Gasteiger partial charge in [-0.05, 0) is 62.2 Å². The summed E-state index contributed by atoms with van der Waals surface area (Å²) in [6.07, 6.45) is 2.80. The minimum atomic E-state index is 0.104. The van der Waals surface area contributed by atoms with Crippen LogP contribution in [0.15, 0.2) is 47.1 Å².